The second-order valence-electron chi connectivity index (χ2n) is 8.34. The number of esters is 1. The summed E-state index contributed by atoms with van der Waals surface area (Å²) in [6.45, 7) is 4.16. The van der Waals surface area contributed by atoms with Crippen molar-refractivity contribution in [1.29, 1.82) is 0 Å². The van der Waals surface area contributed by atoms with E-state index in [-0.39, 0.29) is 17.9 Å². The summed E-state index contributed by atoms with van der Waals surface area (Å²) in [5.41, 5.74) is 1.61. The minimum absolute atomic E-state index is 0.00621. The molecule has 1 aliphatic heterocycles. The number of anilines is 1. The normalized spacial score (nSPS) is 16.3. The largest absolute Gasteiger partial charge is 0.455 e. The number of hydrogen-bond donors (Lipinski definition) is 2. The molecule has 2 unspecified atom stereocenters. The van der Waals surface area contributed by atoms with E-state index in [1.54, 1.807) is 36.1 Å². The van der Waals surface area contributed by atoms with Gasteiger partial charge in [-0.05, 0) is 37.5 Å². The van der Waals surface area contributed by atoms with Gasteiger partial charge in [0.25, 0.3) is 11.8 Å². The van der Waals surface area contributed by atoms with Crippen LogP contribution in [0, 0.1) is 5.92 Å². The quantitative estimate of drug-likeness (QED) is 0.582. The van der Waals surface area contributed by atoms with Gasteiger partial charge in [0.1, 0.15) is 0 Å². The monoisotopic (exact) mass is 465 g/mol. The van der Waals surface area contributed by atoms with Crippen LogP contribution in [0.3, 0.4) is 0 Å². The van der Waals surface area contributed by atoms with E-state index in [4.69, 9.17) is 4.74 Å². The molecule has 0 radical (unpaired) electrons. The van der Waals surface area contributed by atoms with E-state index < -0.39 is 24.4 Å². The Hall–Kier alpha value is -3.68. The van der Waals surface area contributed by atoms with E-state index >= 15 is 0 Å². The number of amides is 3. The Morgan fingerprint density at radius 2 is 1.76 bits per heavy atom. The van der Waals surface area contributed by atoms with Crippen LogP contribution in [0.4, 0.5) is 5.69 Å². The number of hydrogen-bond acceptors (Lipinski definition) is 5. The van der Waals surface area contributed by atoms with Crippen molar-refractivity contribution in [2.24, 2.45) is 5.92 Å². The van der Waals surface area contributed by atoms with Gasteiger partial charge in [-0.3, -0.25) is 19.2 Å². The number of para-hydroxylation sites is 1. The van der Waals surface area contributed by atoms with Gasteiger partial charge in [0.15, 0.2) is 6.61 Å². The minimum atomic E-state index is -0.540. The molecule has 0 saturated carbocycles. The zero-order valence-corrected chi connectivity index (χ0v) is 19.6. The third kappa shape index (κ3) is 6.66. The van der Waals surface area contributed by atoms with Gasteiger partial charge in [0.05, 0.1) is 23.2 Å². The van der Waals surface area contributed by atoms with Crippen LogP contribution in [0.15, 0.2) is 54.6 Å². The summed E-state index contributed by atoms with van der Waals surface area (Å²) in [7, 11) is 0. The zero-order chi connectivity index (χ0) is 24.5. The fraction of sp³-hybridized carbons (Fsp3) is 0.385. The second-order valence-corrected chi connectivity index (χ2v) is 8.34. The fourth-order valence-corrected chi connectivity index (χ4v) is 3.95. The van der Waals surface area contributed by atoms with Crippen molar-refractivity contribution in [2.45, 2.75) is 39.2 Å². The lowest BCUT2D eigenvalue weighted by Gasteiger charge is -2.31. The summed E-state index contributed by atoms with van der Waals surface area (Å²) in [6, 6.07) is 16.0. The number of piperidine rings is 1. The van der Waals surface area contributed by atoms with E-state index in [1.807, 2.05) is 37.3 Å². The lowest BCUT2D eigenvalue weighted by Crippen LogP contribution is -2.42. The molecule has 2 atom stereocenters. The van der Waals surface area contributed by atoms with Crippen molar-refractivity contribution >= 4 is 29.4 Å². The molecule has 1 aliphatic rings. The zero-order valence-electron chi connectivity index (χ0n) is 19.6. The Bertz CT molecular complexity index is 1020. The Kier molecular flexibility index (Phi) is 8.79. The van der Waals surface area contributed by atoms with E-state index in [1.165, 1.54) is 0 Å². The molecule has 34 heavy (non-hydrogen) atoms. The molecule has 0 bridgehead atoms. The molecule has 2 aromatic rings. The van der Waals surface area contributed by atoms with Crippen molar-refractivity contribution in [1.82, 2.24) is 10.2 Å². The number of nitrogens with zero attached hydrogens (tertiary/aromatic N) is 1. The Morgan fingerprint density at radius 1 is 1.06 bits per heavy atom. The molecule has 2 N–H and O–H groups in total. The molecule has 0 spiro atoms. The summed E-state index contributed by atoms with van der Waals surface area (Å²) in [4.78, 5) is 51.3. The van der Waals surface area contributed by atoms with E-state index in [2.05, 4.69) is 10.6 Å². The Balaban J connectivity index is 1.54. The molecule has 0 aromatic heterocycles. The highest BCUT2D eigenvalue weighted by Crippen LogP contribution is 2.20. The smallest absolute Gasteiger partial charge is 0.311 e. The van der Waals surface area contributed by atoms with Crippen molar-refractivity contribution in [3.63, 3.8) is 0 Å². The molecule has 2 aromatic carbocycles. The average molecular weight is 466 g/mol. The van der Waals surface area contributed by atoms with Crippen LogP contribution in [-0.4, -0.2) is 48.3 Å². The Labute approximate surface area is 199 Å². The van der Waals surface area contributed by atoms with Crippen molar-refractivity contribution in [2.75, 3.05) is 25.0 Å². The number of benzene rings is 2. The standard InChI is InChI=1S/C26H31N3O5/c1-3-24(31)29-15-9-12-20(16-29)26(33)34-17-23(30)28-22-14-8-7-13-21(22)25(32)27-18(2)19-10-5-4-6-11-19/h4-8,10-11,13-14,18,20H,3,9,12,15-17H2,1-2H3,(H,27,32)(H,28,30). The summed E-state index contributed by atoms with van der Waals surface area (Å²) in [6.07, 6.45) is 1.74. The van der Waals surface area contributed by atoms with Crippen LogP contribution in [0.2, 0.25) is 0 Å². The topological polar surface area (TPSA) is 105 Å². The molecule has 8 heteroatoms. The second kappa shape index (κ2) is 12.0. The molecule has 3 rings (SSSR count). The van der Waals surface area contributed by atoms with Crippen molar-refractivity contribution in [3.8, 4) is 0 Å². The molecule has 0 aliphatic carbocycles. The lowest BCUT2D eigenvalue weighted by atomic mass is 9.98. The summed E-state index contributed by atoms with van der Waals surface area (Å²) < 4.78 is 5.21. The number of rotatable bonds is 8. The number of likely N-dealkylation sites (tertiary alicyclic amines) is 1. The first-order chi connectivity index (χ1) is 16.4. The van der Waals surface area contributed by atoms with Crippen LogP contribution >= 0.6 is 0 Å². The Morgan fingerprint density at radius 3 is 2.50 bits per heavy atom. The molecule has 1 saturated heterocycles. The molecular formula is C26H31N3O5. The maximum atomic E-state index is 12.8. The highest BCUT2D eigenvalue weighted by atomic mass is 16.5. The molecule has 1 heterocycles. The van der Waals surface area contributed by atoms with Gasteiger partial charge in [0, 0.05) is 19.5 Å². The fourth-order valence-electron chi connectivity index (χ4n) is 3.95. The van der Waals surface area contributed by atoms with Gasteiger partial charge in [-0.15, -0.1) is 0 Å². The van der Waals surface area contributed by atoms with E-state index in [0.717, 1.165) is 12.0 Å². The predicted octanol–water partition coefficient (Wildman–Crippen LogP) is 3.31. The van der Waals surface area contributed by atoms with Gasteiger partial charge in [0.2, 0.25) is 5.91 Å². The summed E-state index contributed by atoms with van der Waals surface area (Å²) >= 11 is 0. The van der Waals surface area contributed by atoms with Gasteiger partial charge < -0.3 is 20.3 Å². The third-order valence-electron chi connectivity index (χ3n) is 5.85. The van der Waals surface area contributed by atoms with Gasteiger partial charge in [-0.1, -0.05) is 49.4 Å². The van der Waals surface area contributed by atoms with Crippen molar-refractivity contribution < 1.29 is 23.9 Å². The van der Waals surface area contributed by atoms with E-state index in [0.29, 0.717) is 37.2 Å². The molecule has 1 fully saturated rings. The SMILES string of the molecule is CCC(=O)N1CCCC(C(=O)OCC(=O)Nc2ccccc2C(=O)NC(C)c2ccccc2)C1. The van der Waals surface area contributed by atoms with Gasteiger partial charge >= 0.3 is 5.97 Å². The predicted molar refractivity (Wildman–Crippen MR) is 128 cm³/mol. The van der Waals surface area contributed by atoms with Crippen LogP contribution in [0.25, 0.3) is 0 Å². The number of ether oxygens (including phenoxy) is 1. The number of nitrogens with one attached hydrogen (secondary N) is 2. The van der Waals surface area contributed by atoms with Crippen LogP contribution < -0.4 is 10.6 Å². The summed E-state index contributed by atoms with van der Waals surface area (Å²) in [5.74, 6) is -1.79. The first kappa shape index (κ1) is 25.0. The average Bonchev–Trinajstić information content (AvgIpc) is 2.87. The van der Waals surface area contributed by atoms with Crippen LogP contribution in [-0.2, 0) is 19.1 Å². The third-order valence-corrected chi connectivity index (χ3v) is 5.85. The number of carbonyl (C=O) groups is 4. The first-order valence-electron chi connectivity index (χ1n) is 11.6. The maximum absolute atomic E-state index is 12.8. The van der Waals surface area contributed by atoms with Crippen LogP contribution in [0.1, 0.15) is 55.1 Å². The molecule has 3 amide bonds. The molecule has 180 valence electrons. The van der Waals surface area contributed by atoms with Gasteiger partial charge in [-0.2, -0.15) is 0 Å². The van der Waals surface area contributed by atoms with E-state index in [9.17, 15) is 19.2 Å². The van der Waals surface area contributed by atoms with Crippen molar-refractivity contribution in [3.05, 3.63) is 65.7 Å². The van der Waals surface area contributed by atoms with Crippen LogP contribution in [0.5, 0.6) is 0 Å². The number of carbonyl (C=O) groups excluding carboxylic acids is 4. The van der Waals surface area contributed by atoms with Gasteiger partial charge in [-0.25, -0.2) is 0 Å². The first-order valence-corrected chi connectivity index (χ1v) is 11.6. The highest BCUT2D eigenvalue weighted by molar-refractivity contribution is 6.04. The summed E-state index contributed by atoms with van der Waals surface area (Å²) in [5, 5.41) is 5.59. The minimum Gasteiger partial charge on any atom is -0.455 e. The maximum Gasteiger partial charge on any atom is 0.311 e. The molecular weight excluding hydrogens is 434 g/mol. The highest BCUT2D eigenvalue weighted by Gasteiger charge is 2.29. The molecule has 8 nitrogen and oxygen atoms in total. The lowest BCUT2D eigenvalue weighted by molar-refractivity contribution is -0.154.